The minimum atomic E-state index is -4.32. The van der Waals surface area contributed by atoms with E-state index in [2.05, 4.69) is 15.0 Å². The molecule has 3 aromatic carbocycles. The third kappa shape index (κ3) is 8.27. The number of fused-ring (bicyclic) bond motifs is 1. The zero-order chi connectivity index (χ0) is 32.6. The maximum Gasteiger partial charge on any atom is 0.475 e. The molecule has 47 heavy (non-hydrogen) atoms. The molecule has 6 rings (SSSR count). The highest BCUT2D eigenvalue weighted by molar-refractivity contribution is 7.48. The van der Waals surface area contributed by atoms with Crippen LogP contribution in [0.5, 0.6) is 0 Å². The van der Waals surface area contributed by atoms with Crippen molar-refractivity contribution >= 4 is 30.8 Å². The zero-order valence-electron chi connectivity index (χ0n) is 25.3. The number of carbonyl (C=O) groups is 1. The first-order valence-corrected chi connectivity index (χ1v) is 16.4. The van der Waals surface area contributed by atoms with E-state index in [4.69, 9.17) is 28.8 Å². The lowest BCUT2D eigenvalue weighted by Gasteiger charge is -2.39. The number of esters is 1. The molecule has 0 spiro atoms. The number of rotatable bonds is 13. The van der Waals surface area contributed by atoms with E-state index < -0.39 is 38.3 Å². The molecule has 4 atom stereocenters. The summed E-state index contributed by atoms with van der Waals surface area (Å²) in [7, 11) is -4.32. The van der Waals surface area contributed by atoms with E-state index in [0.717, 1.165) is 16.7 Å². The minimum absolute atomic E-state index is 0.0155. The molecule has 1 aliphatic rings. The maximum atomic E-state index is 14.2. The summed E-state index contributed by atoms with van der Waals surface area (Å²) >= 11 is 0. The number of aliphatic hydroxyl groups excluding tert-OH is 1. The van der Waals surface area contributed by atoms with Gasteiger partial charge in [-0.15, -0.1) is 0 Å². The highest BCUT2D eigenvalue weighted by Gasteiger charge is 2.45. The normalized spacial score (nSPS) is 19.9. The Morgan fingerprint density at radius 1 is 0.894 bits per heavy atom. The van der Waals surface area contributed by atoms with Gasteiger partial charge >= 0.3 is 13.8 Å². The van der Waals surface area contributed by atoms with Gasteiger partial charge in [-0.2, -0.15) is 0 Å². The second-order valence-electron chi connectivity index (χ2n) is 10.9. The van der Waals surface area contributed by atoms with E-state index in [-0.39, 0.29) is 38.5 Å². The Bertz CT molecular complexity index is 1760. The van der Waals surface area contributed by atoms with Gasteiger partial charge in [0.1, 0.15) is 43.0 Å². The Morgan fingerprint density at radius 2 is 1.49 bits per heavy atom. The highest BCUT2D eigenvalue weighted by Crippen LogP contribution is 2.54. The van der Waals surface area contributed by atoms with Gasteiger partial charge in [0, 0.05) is 6.42 Å². The van der Waals surface area contributed by atoms with Gasteiger partial charge in [-0.25, -0.2) is 19.5 Å². The van der Waals surface area contributed by atoms with Crippen molar-refractivity contribution in [3.63, 3.8) is 0 Å². The lowest BCUT2D eigenvalue weighted by atomic mass is 10.0. The number of hydrogen-bond donors (Lipinski definition) is 2. The van der Waals surface area contributed by atoms with E-state index >= 15 is 0 Å². The Hall–Kier alpha value is -4.49. The molecule has 1 saturated heterocycles. The molecule has 0 bridgehead atoms. The highest BCUT2D eigenvalue weighted by atomic mass is 31.2. The number of imidazole rings is 1. The minimum Gasteiger partial charge on any atom is -0.463 e. The quantitative estimate of drug-likeness (QED) is 0.131. The molecular weight excluding hydrogens is 625 g/mol. The second kappa shape index (κ2) is 14.9. The number of nitrogens with zero attached hydrogens (tertiary/aromatic N) is 4. The number of anilines is 1. The number of phosphoric acid groups is 1. The van der Waals surface area contributed by atoms with E-state index in [0.29, 0.717) is 11.2 Å². The molecule has 3 heterocycles. The molecule has 14 heteroatoms. The van der Waals surface area contributed by atoms with Crippen molar-refractivity contribution in [2.24, 2.45) is 0 Å². The van der Waals surface area contributed by atoms with Gasteiger partial charge in [-0.05, 0) is 16.7 Å². The molecule has 3 N–H and O–H groups in total. The van der Waals surface area contributed by atoms with Crippen LogP contribution in [0.2, 0.25) is 0 Å². The average Bonchev–Trinajstić information content (AvgIpc) is 3.54. The van der Waals surface area contributed by atoms with Gasteiger partial charge in [-0.3, -0.25) is 22.9 Å². The lowest BCUT2D eigenvalue weighted by Crippen LogP contribution is -2.50. The van der Waals surface area contributed by atoms with Crippen LogP contribution in [-0.2, 0) is 52.0 Å². The van der Waals surface area contributed by atoms with E-state index in [9.17, 15) is 14.5 Å². The van der Waals surface area contributed by atoms with Crippen LogP contribution in [0.1, 0.15) is 29.3 Å². The molecule has 0 radical (unpaired) electrons. The van der Waals surface area contributed by atoms with Crippen LogP contribution in [-0.4, -0.2) is 55.5 Å². The number of nitrogens with two attached hydrogens (primary N) is 1. The summed E-state index contributed by atoms with van der Waals surface area (Å²) in [5.41, 5.74) is 9.00. The summed E-state index contributed by atoms with van der Waals surface area (Å²) in [5, 5.41) is 11.5. The third-order valence-electron chi connectivity index (χ3n) is 7.55. The van der Waals surface area contributed by atoms with Crippen LogP contribution in [0.3, 0.4) is 0 Å². The van der Waals surface area contributed by atoms with Gasteiger partial charge in [0.2, 0.25) is 0 Å². The number of hydrogen-bond acceptors (Lipinski definition) is 12. The average molecular weight is 660 g/mol. The first-order valence-electron chi connectivity index (χ1n) is 15.0. The van der Waals surface area contributed by atoms with E-state index in [1.54, 1.807) is 4.57 Å². The second-order valence-corrected chi connectivity index (χ2v) is 12.5. The molecule has 2 aromatic heterocycles. The Balaban J connectivity index is 1.25. The molecule has 0 aliphatic carbocycles. The molecular formula is C33H34N5O8P. The first-order chi connectivity index (χ1) is 22.9. The SMILES string of the molecule is Nc1ncnc2c1ncn2[C@H]1C[C@@H](OP(=O)(OCc2ccccc2)OCc2ccccc2)[C@H](O)[C@@H](COC(=O)Cc2ccccc2)O1. The molecule has 13 nitrogen and oxygen atoms in total. The molecule has 5 aromatic rings. The fourth-order valence-corrected chi connectivity index (χ4v) is 6.48. The maximum absolute atomic E-state index is 14.2. The van der Waals surface area contributed by atoms with Crippen molar-refractivity contribution in [3.8, 4) is 0 Å². The summed E-state index contributed by atoms with van der Waals surface area (Å²) in [6, 6.07) is 27.4. The Kier molecular flexibility index (Phi) is 10.3. The Labute approximate surface area is 270 Å². The lowest BCUT2D eigenvalue weighted by molar-refractivity contribution is -0.204. The number of ether oxygens (including phenoxy) is 2. The zero-order valence-corrected chi connectivity index (χ0v) is 26.2. The number of aliphatic hydroxyl groups is 1. The predicted octanol–water partition coefficient (Wildman–Crippen LogP) is 4.77. The van der Waals surface area contributed by atoms with Gasteiger partial charge in [0.25, 0.3) is 0 Å². The fraction of sp³-hybridized carbons (Fsp3) is 0.273. The first kappa shape index (κ1) is 32.5. The van der Waals surface area contributed by atoms with Crippen LogP contribution < -0.4 is 5.73 Å². The number of phosphoric ester groups is 1. The molecule has 244 valence electrons. The molecule has 0 unspecified atom stereocenters. The monoisotopic (exact) mass is 659 g/mol. The van der Waals surface area contributed by atoms with Gasteiger partial charge in [0.15, 0.2) is 11.5 Å². The molecule has 1 aliphatic heterocycles. The summed E-state index contributed by atoms with van der Waals surface area (Å²) in [4.78, 5) is 25.3. The summed E-state index contributed by atoms with van der Waals surface area (Å²) in [6.45, 7) is -0.454. The van der Waals surface area contributed by atoms with Crippen LogP contribution >= 0.6 is 7.82 Å². The standard InChI is InChI=1S/C33H34N5O8P/c34-32-30-33(36-21-35-32)38(22-37-30)28-17-26(31(40)27(45-28)20-42-29(39)16-23-10-4-1-5-11-23)46-47(41,43-18-24-12-6-2-7-13-24)44-19-25-14-8-3-9-15-25/h1-15,21-22,26-28,31,40H,16-20H2,(H2,34,35,36)/t26-,27-,28-,31+/m1/s1. The Morgan fingerprint density at radius 3 is 2.11 bits per heavy atom. The molecule has 0 saturated carbocycles. The number of nitrogen functional groups attached to an aromatic ring is 1. The van der Waals surface area contributed by atoms with Crippen molar-refractivity contribution < 1.29 is 37.5 Å². The number of aromatic nitrogens is 4. The van der Waals surface area contributed by atoms with Crippen molar-refractivity contribution in [1.82, 2.24) is 19.5 Å². The predicted molar refractivity (Wildman–Crippen MR) is 170 cm³/mol. The van der Waals surface area contributed by atoms with Gasteiger partial charge in [-0.1, -0.05) is 91.0 Å². The molecule has 1 fully saturated rings. The van der Waals surface area contributed by atoms with Crippen molar-refractivity contribution in [1.29, 1.82) is 0 Å². The van der Waals surface area contributed by atoms with Crippen LogP contribution in [0.4, 0.5) is 5.82 Å². The summed E-state index contributed by atoms with van der Waals surface area (Å²) in [5.74, 6) is -0.333. The van der Waals surface area contributed by atoms with Crippen LogP contribution in [0.25, 0.3) is 11.2 Å². The molecule has 0 amide bonds. The number of benzene rings is 3. The summed E-state index contributed by atoms with van der Waals surface area (Å²) < 4.78 is 45.3. The van der Waals surface area contributed by atoms with E-state index in [1.807, 2.05) is 91.0 Å². The number of carbonyl (C=O) groups excluding carboxylic acids is 1. The van der Waals surface area contributed by atoms with Crippen LogP contribution in [0, 0.1) is 0 Å². The van der Waals surface area contributed by atoms with Crippen LogP contribution in [0.15, 0.2) is 104 Å². The fourth-order valence-electron chi connectivity index (χ4n) is 5.13. The smallest absolute Gasteiger partial charge is 0.463 e. The van der Waals surface area contributed by atoms with Crippen molar-refractivity contribution in [2.75, 3.05) is 12.3 Å². The van der Waals surface area contributed by atoms with E-state index in [1.165, 1.54) is 12.7 Å². The van der Waals surface area contributed by atoms with Crippen molar-refractivity contribution in [3.05, 3.63) is 120 Å². The van der Waals surface area contributed by atoms with Gasteiger partial charge < -0.3 is 20.3 Å². The van der Waals surface area contributed by atoms with Crippen molar-refractivity contribution in [2.45, 2.75) is 50.6 Å². The van der Waals surface area contributed by atoms with Gasteiger partial charge in [0.05, 0.1) is 26.0 Å². The largest absolute Gasteiger partial charge is 0.475 e. The summed E-state index contributed by atoms with van der Waals surface area (Å²) in [6.07, 6.45) is -1.69. The topological polar surface area (TPSA) is 170 Å². The third-order valence-corrected chi connectivity index (χ3v) is 8.97.